The summed E-state index contributed by atoms with van der Waals surface area (Å²) in [4.78, 5) is 22.4. The van der Waals surface area contributed by atoms with E-state index in [1.807, 2.05) is 78.9 Å². The largest absolute Gasteiger partial charge is 0.373 e. The first-order valence-electron chi connectivity index (χ1n) is 7.82. The van der Waals surface area contributed by atoms with Gasteiger partial charge in [0.2, 0.25) is 0 Å². The van der Waals surface area contributed by atoms with Gasteiger partial charge in [-0.3, -0.25) is 4.89 Å². The quantitative estimate of drug-likeness (QED) is 0.493. The molecule has 0 spiro atoms. The molecule has 0 fully saturated rings. The van der Waals surface area contributed by atoms with Gasteiger partial charge in [-0.25, -0.2) is 4.79 Å². The van der Waals surface area contributed by atoms with Crippen LogP contribution in [0.1, 0.15) is 27.0 Å². The first-order chi connectivity index (χ1) is 11.8. The van der Waals surface area contributed by atoms with Gasteiger partial charge in [0, 0.05) is 0 Å². The normalized spacial score (nSPS) is 10.3. The zero-order chi connectivity index (χ0) is 16.6. The van der Waals surface area contributed by atoms with E-state index in [-0.39, 0.29) is 6.61 Å². The molecule has 120 valence electrons. The van der Waals surface area contributed by atoms with E-state index in [4.69, 9.17) is 9.78 Å². The summed E-state index contributed by atoms with van der Waals surface area (Å²) in [5.74, 6) is -0.475. The number of hydrogen-bond donors (Lipinski definition) is 0. The Morgan fingerprint density at radius 1 is 0.708 bits per heavy atom. The lowest BCUT2D eigenvalue weighted by Gasteiger charge is -2.09. The highest BCUT2D eigenvalue weighted by Gasteiger charge is 2.13. The molecule has 3 nitrogen and oxygen atoms in total. The maximum absolute atomic E-state index is 12.3. The van der Waals surface area contributed by atoms with Crippen LogP contribution in [0.4, 0.5) is 0 Å². The lowest BCUT2D eigenvalue weighted by Crippen LogP contribution is -2.09. The van der Waals surface area contributed by atoms with Gasteiger partial charge < -0.3 is 0 Å². The van der Waals surface area contributed by atoms with Crippen molar-refractivity contribution in [2.24, 2.45) is 0 Å². The fourth-order valence-corrected chi connectivity index (χ4v) is 2.46. The van der Waals surface area contributed by atoms with Crippen LogP contribution >= 0.6 is 0 Å². The van der Waals surface area contributed by atoms with Crippen molar-refractivity contribution in [1.82, 2.24) is 0 Å². The molecule has 0 bridgehead atoms. The van der Waals surface area contributed by atoms with Crippen LogP contribution in [0.3, 0.4) is 0 Å². The van der Waals surface area contributed by atoms with E-state index >= 15 is 0 Å². The number of rotatable bonds is 6. The van der Waals surface area contributed by atoms with Crippen LogP contribution < -0.4 is 0 Å². The van der Waals surface area contributed by atoms with Crippen LogP contribution in [-0.4, -0.2) is 5.97 Å². The van der Waals surface area contributed by atoms with Crippen LogP contribution in [0.15, 0.2) is 84.9 Å². The Morgan fingerprint density at radius 3 is 2.00 bits per heavy atom. The van der Waals surface area contributed by atoms with E-state index in [0.717, 1.165) is 16.7 Å². The molecule has 3 aromatic rings. The molecule has 0 saturated carbocycles. The average Bonchev–Trinajstić information content (AvgIpc) is 2.64. The van der Waals surface area contributed by atoms with Gasteiger partial charge in [-0.05, 0) is 29.2 Å². The van der Waals surface area contributed by atoms with E-state index in [1.165, 1.54) is 0 Å². The predicted molar refractivity (Wildman–Crippen MR) is 92.3 cm³/mol. The smallest absolute Gasteiger partial charge is 0.292 e. The van der Waals surface area contributed by atoms with Crippen molar-refractivity contribution < 1.29 is 14.6 Å². The van der Waals surface area contributed by atoms with E-state index < -0.39 is 5.97 Å². The highest BCUT2D eigenvalue weighted by atomic mass is 17.2. The van der Waals surface area contributed by atoms with E-state index in [2.05, 4.69) is 0 Å². The van der Waals surface area contributed by atoms with E-state index in [1.54, 1.807) is 6.07 Å². The highest BCUT2D eigenvalue weighted by Crippen LogP contribution is 2.16. The van der Waals surface area contributed by atoms with Crippen molar-refractivity contribution in [2.75, 3.05) is 0 Å². The zero-order valence-electron chi connectivity index (χ0n) is 13.2. The summed E-state index contributed by atoms with van der Waals surface area (Å²) >= 11 is 0. The number of benzene rings is 3. The van der Waals surface area contributed by atoms with Crippen LogP contribution in [-0.2, 0) is 22.8 Å². The van der Waals surface area contributed by atoms with Gasteiger partial charge in [0.05, 0.1) is 5.56 Å². The fourth-order valence-electron chi connectivity index (χ4n) is 2.46. The summed E-state index contributed by atoms with van der Waals surface area (Å²) < 4.78 is 0. The summed E-state index contributed by atoms with van der Waals surface area (Å²) in [5, 5.41) is 0. The van der Waals surface area contributed by atoms with Gasteiger partial charge in [-0.2, -0.15) is 4.89 Å². The SMILES string of the molecule is O=C(OOCc1ccccc1)c1ccccc1Cc1ccccc1. The molecular weight excluding hydrogens is 300 g/mol. The molecule has 0 aliphatic heterocycles. The van der Waals surface area contributed by atoms with Crippen molar-refractivity contribution in [3.05, 3.63) is 107 Å². The molecule has 0 heterocycles. The minimum atomic E-state index is -0.475. The van der Waals surface area contributed by atoms with E-state index in [9.17, 15) is 4.79 Å². The molecule has 24 heavy (non-hydrogen) atoms. The Labute approximate surface area is 141 Å². The monoisotopic (exact) mass is 318 g/mol. The maximum atomic E-state index is 12.3. The first-order valence-corrected chi connectivity index (χ1v) is 7.82. The van der Waals surface area contributed by atoms with Crippen LogP contribution in [0.2, 0.25) is 0 Å². The second-order valence-corrected chi connectivity index (χ2v) is 5.44. The third-order valence-corrected chi connectivity index (χ3v) is 3.68. The number of carbonyl (C=O) groups is 1. The van der Waals surface area contributed by atoms with Gasteiger partial charge in [-0.1, -0.05) is 78.9 Å². The molecule has 0 radical (unpaired) electrons. The van der Waals surface area contributed by atoms with Crippen LogP contribution in [0.5, 0.6) is 0 Å². The molecule has 0 saturated heterocycles. The highest BCUT2D eigenvalue weighted by molar-refractivity contribution is 5.90. The maximum Gasteiger partial charge on any atom is 0.373 e. The molecular formula is C21H18O3. The molecule has 0 aromatic heterocycles. The summed E-state index contributed by atoms with van der Waals surface area (Å²) in [6, 6.07) is 27.0. The van der Waals surface area contributed by atoms with Crippen molar-refractivity contribution in [3.8, 4) is 0 Å². The van der Waals surface area contributed by atoms with Crippen molar-refractivity contribution in [3.63, 3.8) is 0 Å². The van der Waals surface area contributed by atoms with Gasteiger partial charge in [0.25, 0.3) is 0 Å². The molecule has 0 unspecified atom stereocenters. The van der Waals surface area contributed by atoms with Crippen molar-refractivity contribution in [1.29, 1.82) is 0 Å². The van der Waals surface area contributed by atoms with Gasteiger partial charge in [0.15, 0.2) is 0 Å². The Hall–Kier alpha value is -2.91. The Balaban J connectivity index is 1.64. The third-order valence-electron chi connectivity index (χ3n) is 3.68. The standard InChI is InChI=1S/C21H18O3/c22-21(24-23-16-18-11-5-2-6-12-18)20-14-8-7-13-19(20)15-17-9-3-1-4-10-17/h1-14H,15-16H2. The Bertz CT molecular complexity index is 782. The Kier molecular flexibility index (Phi) is 5.38. The minimum absolute atomic E-state index is 0.230. The summed E-state index contributed by atoms with van der Waals surface area (Å²) in [6.07, 6.45) is 0.671. The number of carbonyl (C=O) groups excluding carboxylic acids is 1. The third kappa shape index (κ3) is 4.31. The second kappa shape index (κ2) is 8.09. The molecule has 0 aliphatic carbocycles. The lowest BCUT2D eigenvalue weighted by atomic mass is 10.00. The molecule has 0 aliphatic rings. The van der Waals surface area contributed by atoms with Gasteiger partial charge in [0.1, 0.15) is 6.61 Å². The number of hydrogen-bond acceptors (Lipinski definition) is 3. The minimum Gasteiger partial charge on any atom is -0.292 e. The van der Waals surface area contributed by atoms with Crippen LogP contribution in [0.25, 0.3) is 0 Å². The second-order valence-electron chi connectivity index (χ2n) is 5.44. The molecule has 3 rings (SSSR count). The lowest BCUT2D eigenvalue weighted by molar-refractivity contribution is -0.250. The Morgan fingerprint density at radius 2 is 1.29 bits per heavy atom. The van der Waals surface area contributed by atoms with Crippen molar-refractivity contribution in [2.45, 2.75) is 13.0 Å². The predicted octanol–water partition coefficient (Wildman–Crippen LogP) is 4.57. The molecule has 0 atom stereocenters. The summed E-state index contributed by atoms with van der Waals surface area (Å²) in [7, 11) is 0. The van der Waals surface area contributed by atoms with Gasteiger partial charge >= 0.3 is 5.97 Å². The first kappa shape index (κ1) is 16.0. The summed E-state index contributed by atoms with van der Waals surface area (Å²) in [5.41, 5.74) is 3.53. The summed E-state index contributed by atoms with van der Waals surface area (Å²) in [6.45, 7) is 0.230. The van der Waals surface area contributed by atoms with Gasteiger partial charge in [-0.15, -0.1) is 0 Å². The molecule has 3 heteroatoms. The topological polar surface area (TPSA) is 35.5 Å². The molecule has 0 amide bonds. The van der Waals surface area contributed by atoms with E-state index in [0.29, 0.717) is 12.0 Å². The average molecular weight is 318 g/mol. The fraction of sp³-hybridized carbons (Fsp3) is 0.0952. The van der Waals surface area contributed by atoms with Crippen LogP contribution in [0, 0.1) is 0 Å². The van der Waals surface area contributed by atoms with Crippen molar-refractivity contribution >= 4 is 5.97 Å². The molecule has 0 N–H and O–H groups in total. The zero-order valence-corrected chi connectivity index (χ0v) is 13.2. The molecule has 3 aromatic carbocycles.